The van der Waals surface area contributed by atoms with Crippen LogP contribution in [0.25, 0.3) is 0 Å². The van der Waals surface area contributed by atoms with Crippen molar-refractivity contribution in [2.45, 2.75) is 31.7 Å². The fourth-order valence-corrected chi connectivity index (χ4v) is 4.47. The minimum absolute atomic E-state index is 0.181. The molecule has 11 heteroatoms. The molecule has 0 saturated heterocycles. The fourth-order valence-electron chi connectivity index (χ4n) is 4.34. The number of anilines is 1. The molecule has 180 valence electrons. The van der Waals surface area contributed by atoms with Crippen molar-refractivity contribution in [3.05, 3.63) is 86.8 Å². The Morgan fingerprint density at radius 3 is 2.67 bits per heavy atom. The van der Waals surface area contributed by atoms with Gasteiger partial charge in [-0.15, -0.1) is 5.11 Å². The van der Waals surface area contributed by atoms with Gasteiger partial charge in [-0.2, -0.15) is 15.5 Å². The topological polar surface area (TPSA) is 140 Å². The Bertz CT molecular complexity index is 1490. The van der Waals surface area contributed by atoms with Gasteiger partial charge < -0.3 is 5.32 Å². The summed E-state index contributed by atoms with van der Waals surface area (Å²) in [6.07, 6.45) is 1.51. The van der Waals surface area contributed by atoms with Crippen LogP contribution in [0.15, 0.2) is 86.0 Å². The van der Waals surface area contributed by atoms with E-state index in [2.05, 4.69) is 31.2 Å². The molecular weight excluding hydrogens is 480 g/mol. The normalized spacial score (nSPS) is 17.9. The first-order valence-corrected chi connectivity index (χ1v) is 11.7. The van der Waals surface area contributed by atoms with Crippen LogP contribution in [0.5, 0.6) is 0 Å². The van der Waals surface area contributed by atoms with Gasteiger partial charge in [0.1, 0.15) is 12.5 Å². The van der Waals surface area contributed by atoms with Crippen LogP contribution in [0.4, 0.5) is 17.2 Å². The Labute approximate surface area is 211 Å². The maximum Gasteiger partial charge on any atom is 0.294 e. The fraction of sp³-hybridized carbons (Fsp3) is 0.200. The number of halogens is 1. The van der Waals surface area contributed by atoms with Gasteiger partial charge in [0.15, 0.2) is 11.5 Å². The molecule has 0 fully saturated rings. The van der Waals surface area contributed by atoms with Crippen LogP contribution in [0.3, 0.4) is 0 Å². The van der Waals surface area contributed by atoms with Gasteiger partial charge in [0, 0.05) is 22.9 Å². The molecule has 0 radical (unpaired) electrons. The van der Waals surface area contributed by atoms with Gasteiger partial charge in [-0.1, -0.05) is 41.9 Å². The molecule has 1 unspecified atom stereocenters. The van der Waals surface area contributed by atoms with Gasteiger partial charge in [-0.3, -0.25) is 19.4 Å². The monoisotopic (exact) mass is 500 g/mol. The Hall–Kier alpha value is -4.49. The molecule has 2 aromatic carbocycles. The van der Waals surface area contributed by atoms with Gasteiger partial charge in [-0.05, 0) is 48.2 Å². The van der Waals surface area contributed by atoms with E-state index in [1.54, 1.807) is 28.9 Å². The number of hydrogen-bond acceptors (Lipinski definition) is 7. The van der Waals surface area contributed by atoms with E-state index in [9.17, 15) is 9.59 Å². The average Bonchev–Trinajstić information content (AvgIpc) is 3.20. The van der Waals surface area contributed by atoms with Crippen molar-refractivity contribution in [1.29, 1.82) is 5.26 Å². The number of aromatic nitrogens is 2. The van der Waals surface area contributed by atoms with Crippen molar-refractivity contribution in [3.63, 3.8) is 0 Å². The van der Waals surface area contributed by atoms with Gasteiger partial charge in [0.05, 0.1) is 11.8 Å². The molecule has 1 amide bonds. The molecule has 1 aliphatic heterocycles. The second-order valence-corrected chi connectivity index (χ2v) is 8.79. The second kappa shape index (κ2) is 10.0. The number of nitrogens with zero attached hydrogens (tertiary/aromatic N) is 5. The molecule has 0 bridgehead atoms. The maximum atomic E-state index is 13.0. The van der Waals surface area contributed by atoms with Gasteiger partial charge in [0.25, 0.3) is 11.5 Å². The summed E-state index contributed by atoms with van der Waals surface area (Å²) >= 11 is 5.94. The lowest BCUT2D eigenvalue weighted by Crippen LogP contribution is -2.30. The minimum Gasteiger partial charge on any atom is -0.342 e. The highest BCUT2D eigenvalue weighted by Crippen LogP contribution is 2.43. The Balaban J connectivity index is 1.52. The molecule has 3 N–H and O–H groups in total. The van der Waals surface area contributed by atoms with E-state index in [0.29, 0.717) is 35.8 Å². The number of allylic oxidation sites excluding steroid dienone is 2. The number of benzene rings is 2. The Morgan fingerprint density at radius 1 is 1.14 bits per heavy atom. The predicted molar refractivity (Wildman–Crippen MR) is 136 cm³/mol. The predicted octanol–water partition coefficient (Wildman–Crippen LogP) is 5.08. The van der Waals surface area contributed by atoms with Crippen LogP contribution in [0.2, 0.25) is 5.02 Å². The molecule has 3 aromatic rings. The van der Waals surface area contributed by atoms with Crippen molar-refractivity contribution in [3.8, 4) is 6.07 Å². The number of hydrazone groups is 1. The first-order chi connectivity index (χ1) is 17.5. The lowest BCUT2D eigenvalue weighted by Gasteiger charge is -2.35. The minimum atomic E-state index is -0.445. The number of H-pyrrole nitrogens is 1. The number of nitriles is 1. The lowest BCUT2D eigenvalue weighted by molar-refractivity contribution is -0.120. The zero-order chi connectivity index (χ0) is 25.1. The maximum absolute atomic E-state index is 13.0. The number of rotatable bonds is 5. The smallest absolute Gasteiger partial charge is 0.294 e. The molecule has 1 atom stereocenters. The molecule has 5 rings (SSSR count). The number of fused-ring (bicyclic) bond motifs is 1. The summed E-state index contributed by atoms with van der Waals surface area (Å²) < 4.78 is 1.77. The summed E-state index contributed by atoms with van der Waals surface area (Å²) in [6.45, 7) is 0. The molecule has 0 spiro atoms. The summed E-state index contributed by atoms with van der Waals surface area (Å²) in [6, 6.07) is 18.2. The zero-order valence-electron chi connectivity index (χ0n) is 19.0. The van der Waals surface area contributed by atoms with Crippen LogP contribution in [0, 0.1) is 11.3 Å². The van der Waals surface area contributed by atoms with E-state index in [1.165, 1.54) is 0 Å². The van der Waals surface area contributed by atoms with Crippen LogP contribution in [0.1, 0.15) is 37.3 Å². The quantitative estimate of drug-likeness (QED) is 0.331. The van der Waals surface area contributed by atoms with Crippen molar-refractivity contribution in [2.24, 2.45) is 15.3 Å². The average molecular weight is 501 g/mol. The molecular formula is C25H21ClN8O2. The number of hydrogen-bond donors (Lipinski definition) is 3. The highest BCUT2D eigenvalue weighted by atomic mass is 35.5. The first kappa shape index (κ1) is 23.3. The number of amides is 1. The van der Waals surface area contributed by atoms with Gasteiger partial charge in [-0.25, -0.2) is 5.43 Å². The summed E-state index contributed by atoms with van der Waals surface area (Å²) in [5.74, 6) is 0.0897. The molecule has 1 aliphatic carbocycles. The highest BCUT2D eigenvalue weighted by molar-refractivity contribution is 6.30. The van der Waals surface area contributed by atoms with E-state index in [4.69, 9.17) is 16.9 Å². The first-order valence-electron chi connectivity index (χ1n) is 11.3. The van der Waals surface area contributed by atoms with Crippen molar-refractivity contribution >= 4 is 40.4 Å². The van der Waals surface area contributed by atoms with E-state index in [1.807, 2.05) is 36.4 Å². The number of aromatic amines is 1. The number of nitrogens with one attached hydrogen (secondary N) is 3. The van der Waals surface area contributed by atoms with E-state index >= 15 is 0 Å². The molecule has 0 saturated carbocycles. The largest absolute Gasteiger partial charge is 0.342 e. The van der Waals surface area contributed by atoms with Gasteiger partial charge >= 0.3 is 0 Å². The van der Waals surface area contributed by atoms with E-state index in [0.717, 1.165) is 22.5 Å². The summed E-state index contributed by atoms with van der Waals surface area (Å²) in [5, 5.41) is 28.3. The van der Waals surface area contributed by atoms with Crippen LogP contribution in [-0.4, -0.2) is 21.4 Å². The SMILES string of the molecule is N#CCC(=O)NN=C1CCC2=C(C1)C(c1ccccc1)n1[nH]c(=O)c(N=Nc3ccc(Cl)cc3)c1N2. The van der Waals surface area contributed by atoms with Crippen LogP contribution < -0.4 is 16.3 Å². The van der Waals surface area contributed by atoms with E-state index in [-0.39, 0.29) is 23.7 Å². The zero-order valence-corrected chi connectivity index (χ0v) is 19.8. The third kappa shape index (κ3) is 4.69. The van der Waals surface area contributed by atoms with Crippen LogP contribution >= 0.6 is 11.6 Å². The molecule has 10 nitrogen and oxygen atoms in total. The number of carbonyl (C=O) groups excluding carboxylic acids is 1. The molecule has 2 aliphatic rings. The van der Waals surface area contributed by atoms with Gasteiger partial charge in [0.2, 0.25) is 0 Å². The second-order valence-electron chi connectivity index (χ2n) is 8.35. The summed E-state index contributed by atoms with van der Waals surface area (Å²) in [4.78, 5) is 24.7. The standard InChI is InChI=1S/C25H21ClN8O2/c26-16-6-8-17(9-7-16)29-32-22-24-28-20-11-10-18(30-31-21(35)12-13-27)14-19(20)23(34(24)33-25(22)36)15-4-2-1-3-5-15/h1-9,23,28H,10-12,14H2,(H,31,35)(H,33,36). The molecule has 36 heavy (non-hydrogen) atoms. The van der Waals surface area contributed by atoms with E-state index < -0.39 is 5.91 Å². The third-order valence-electron chi connectivity index (χ3n) is 5.99. The lowest BCUT2D eigenvalue weighted by atomic mass is 9.85. The highest BCUT2D eigenvalue weighted by Gasteiger charge is 2.35. The Morgan fingerprint density at radius 2 is 1.92 bits per heavy atom. The molecule has 1 aromatic heterocycles. The Kier molecular flexibility index (Phi) is 6.47. The van der Waals surface area contributed by atoms with Crippen molar-refractivity contribution in [2.75, 3.05) is 5.32 Å². The summed E-state index contributed by atoms with van der Waals surface area (Å²) in [5.41, 5.74) is 6.63. The summed E-state index contributed by atoms with van der Waals surface area (Å²) in [7, 11) is 0. The number of azo groups is 1. The molecule has 2 heterocycles. The van der Waals surface area contributed by atoms with Crippen molar-refractivity contribution < 1.29 is 4.79 Å². The third-order valence-corrected chi connectivity index (χ3v) is 6.24. The number of carbonyl (C=O) groups is 1. The van der Waals surface area contributed by atoms with Crippen LogP contribution in [-0.2, 0) is 4.79 Å². The van der Waals surface area contributed by atoms with Crippen molar-refractivity contribution in [1.82, 2.24) is 15.2 Å².